The molecule has 0 spiro atoms. The monoisotopic (exact) mass is 403 g/mol. The van der Waals surface area contributed by atoms with Crippen LogP contribution < -0.4 is 9.47 Å². The highest BCUT2D eigenvalue weighted by Gasteiger charge is 2.37. The number of halogens is 2. The first-order chi connectivity index (χ1) is 13.6. The van der Waals surface area contributed by atoms with Gasteiger partial charge in [0.25, 0.3) is 0 Å². The molecule has 0 aromatic heterocycles. The van der Waals surface area contributed by atoms with Crippen LogP contribution in [0.25, 0.3) is 0 Å². The third-order valence-corrected chi connectivity index (χ3v) is 6.51. The van der Waals surface area contributed by atoms with Crippen LogP contribution in [0.5, 0.6) is 11.5 Å². The first-order valence-corrected chi connectivity index (χ1v) is 10.3. The van der Waals surface area contributed by atoms with Gasteiger partial charge in [0.15, 0.2) is 11.5 Å². The second kappa shape index (κ2) is 7.21. The zero-order valence-electron chi connectivity index (χ0n) is 15.5. The summed E-state index contributed by atoms with van der Waals surface area (Å²) in [7, 11) is 0. The lowest BCUT2D eigenvalue weighted by Gasteiger charge is -2.38. The van der Waals surface area contributed by atoms with Crippen LogP contribution in [0.2, 0.25) is 5.02 Å². The molecule has 1 N–H and O–H groups in total. The van der Waals surface area contributed by atoms with E-state index in [4.69, 9.17) is 21.1 Å². The molecular formula is C22H23ClFNO3. The second-order valence-corrected chi connectivity index (χ2v) is 8.33. The van der Waals surface area contributed by atoms with Crippen LogP contribution >= 0.6 is 11.6 Å². The van der Waals surface area contributed by atoms with Crippen molar-refractivity contribution in [2.45, 2.75) is 37.3 Å². The number of aliphatic hydroxyl groups excluding tert-OH is 1. The molecule has 5 rings (SSSR count). The van der Waals surface area contributed by atoms with Gasteiger partial charge in [-0.25, -0.2) is 4.39 Å². The maximum Gasteiger partial charge on any atom is 0.164 e. The highest BCUT2D eigenvalue weighted by Crippen LogP contribution is 2.44. The Balaban J connectivity index is 1.31. The van der Waals surface area contributed by atoms with E-state index in [9.17, 15) is 9.50 Å². The maximum atomic E-state index is 13.5. The minimum Gasteiger partial charge on any atom is -0.486 e. The fourth-order valence-corrected chi connectivity index (χ4v) is 5.12. The number of likely N-dealkylation sites (tertiary alicyclic amines) is 1. The number of fused-ring (bicyclic) bond motifs is 2. The average Bonchev–Trinajstić information content (AvgIpc) is 3.03. The highest BCUT2D eigenvalue weighted by atomic mass is 35.5. The maximum absolute atomic E-state index is 13.5. The third-order valence-electron chi connectivity index (χ3n) is 6.29. The van der Waals surface area contributed by atoms with E-state index in [1.165, 1.54) is 6.07 Å². The highest BCUT2D eigenvalue weighted by molar-refractivity contribution is 6.30. The summed E-state index contributed by atoms with van der Waals surface area (Å²) in [6, 6.07) is 8.54. The van der Waals surface area contributed by atoms with Gasteiger partial charge in [0, 0.05) is 22.7 Å². The molecule has 1 aliphatic carbocycles. The number of rotatable bonds is 2. The topological polar surface area (TPSA) is 41.9 Å². The van der Waals surface area contributed by atoms with Crippen molar-refractivity contribution < 1.29 is 19.0 Å². The van der Waals surface area contributed by atoms with Crippen molar-refractivity contribution in [1.82, 2.24) is 4.90 Å². The van der Waals surface area contributed by atoms with Crippen molar-refractivity contribution >= 4 is 11.6 Å². The third kappa shape index (κ3) is 3.15. The zero-order valence-corrected chi connectivity index (χ0v) is 16.3. The smallest absolute Gasteiger partial charge is 0.164 e. The summed E-state index contributed by atoms with van der Waals surface area (Å²) >= 11 is 6.31. The number of benzene rings is 2. The van der Waals surface area contributed by atoms with E-state index in [0.29, 0.717) is 30.6 Å². The Morgan fingerprint density at radius 3 is 2.64 bits per heavy atom. The Labute approximate surface area is 168 Å². The van der Waals surface area contributed by atoms with Gasteiger partial charge in [-0.15, -0.1) is 0 Å². The molecule has 3 aliphatic rings. The molecule has 2 aliphatic heterocycles. The van der Waals surface area contributed by atoms with Crippen molar-refractivity contribution in [1.29, 1.82) is 0 Å². The van der Waals surface area contributed by atoms with Gasteiger partial charge < -0.3 is 14.6 Å². The van der Waals surface area contributed by atoms with Gasteiger partial charge in [0.1, 0.15) is 19.0 Å². The number of hydrogen-bond donors (Lipinski definition) is 1. The van der Waals surface area contributed by atoms with Gasteiger partial charge in [-0.05, 0) is 67.6 Å². The van der Waals surface area contributed by atoms with Crippen LogP contribution in [-0.4, -0.2) is 42.4 Å². The van der Waals surface area contributed by atoms with E-state index in [1.807, 2.05) is 12.1 Å². The molecule has 6 heteroatoms. The molecule has 4 nitrogen and oxygen atoms in total. The Kier molecular flexibility index (Phi) is 4.69. The zero-order chi connectivity index (χ0) is 19.3. The summed E-state index contributed by atoms with van der Waals surface area (Å²) in [6.07, 6.45) is 2.07. The van der Waals surface area contributed by atoms with Crippen molar-refractivity contribution in [2.75, 3.05) is 26.3 Å². The Bertz CT molecular complexity index is 898. The van der Waals surface area contributed by atoms with E-state index >= 15 is 0 Å². The molecule has 1 fully saturated rings. The minimum absolute atomic E-state index is 0.0191. The van der Waals surface area contributed by atoms with E-state index in [1.54, 1.807) is 12.1 Å². The van der Waals surface area contributed by atoms with Crippen LogP contribution in [0.1, 0.15) is 41.6 Å². The molecule has 2 unspecified atom stereocenters. The molecule has 0 radical (unpaired) electrons. The van der Waals surface area contributed by atoms with E-state index in [2.05, 4.69) is 4.90 Å². The summed E-state index contributed by atoms with van der Waals surface area (Å²) in [6.45, 7) is 2.87. The Hall–Kier alpha value is -1.82. The Morgan fingerprint density at radius 1 is 1.04 bits per heavy atom. The Morgan fingerprint density at radius 2 is 1.82 bits per heavy atom. The van der Waals surface area contributed by atoms with Crippen molar-refractivity contribution in [3.05, 3.63) is 57.9 Å². The number of piperidine rings is 1. The first-order valence-electron chi connectivity index (χ1n) is 9.89. The number of nitrogens with zero attached hydrogens (tertiary/aromatic N) is 1. The molecule has 148 valence electrons. The van der Waals surface area contributed by atoms with Gasteiger partial charge in [-0.2, -0.15) is 0 Å². The SMILES string of the molecule is OC1c2ccc(F)cc2CC1N1CCC(c2cc(Cl)cc3c2OCCO3)CC1. The second-order valence-electron chi connectivity index (χ2n) is 7.89. The van der Waals surface area contributed by atoms with E-state index in [-0.39, 0.29) is 11.9 Å². The van der Waals surface area contributed by atoms with Gasteiger partial charge in [-0.1, -0.05) is 17.7 Å². The molecule has 0 bridgehead atoms. The number of hydrogen-bond acceptors (Lipinski definition) is 4. The molecule has 28 heavy (non-hydrogen) atoms. The van der Waals surface area contributed by atoms with Crippen molar-refractivity contribution in [3.63, 3.8) is 0 Å². The summed E-state index contributed by atoms with van der Waals surface area (Å²) in [5.74, 6) is 1.68. The first kappa shape index (κ1) is 18.2. The summed E-state index contributed by atoms with van der Waals surface area (Å²) in [4.78, 5) is 2.34. The molecule has 0 saturated carbocycles. The normalized spacial score (nSPS) is 25.0. The largest absolute Gasteiger partial charge is 0.486 e. The van der Waals surface area contributed by atoms with Gasteiger partial charge in [0.05, 0.1) is 6.10 Å². The standard InChI is InChI=1S/C22H23ClFNO3/c23-15-11-18(22-20(12-15)27-7-8-28-22)13-3-5-25(6-4-13)19-10-14-9-16(24)1-2-17(14)21(19)26/h1-2,9,11-13,19,21,26H,3-8,10H2. The quantitative estimate of drug-likeness (QED) is 0.820. The lowest BCUT2D eigenvalue weighted by molar-refractivity contribution is 0.0454. The van der Waals surface area contributed by atoms with Crippen LogP contribution in [0.4, 0.5) is 4.39 Å². The molecule has 2 heterocycles. The molecule has 2 atom stereocenters. The van der Waals surface area contributed by atoms with Crippen LogP contribution in [0.3, 0.4) is 0 Å². The van der Waals surface area contributed by atoms with Gasteiger partial charge >= 0.3 is 0 Å². The predicted molar refractivity (Wildman–Crippen MR) is 105 cm³/mol. The fraction of sp³-hybridized carbons (Fsp3) is 0.455. The average molecular weight is 404 g/mol. The number of ether oxygens (including phenoxy) is 2. The van der Waals surface area contributed by atoms with Crippen molar-refractivity contribution in [3.8, 4) is 11.5 Å². The van der Waals surface area contributed by atoms with Crippen molar-refractivity contribution in [2.24, 2.45) is 0 Å². The van der Waals surface area contributed by atoms with Gasteiger partial charge in [-0.3, -0.25) is 4.90 Å². The minimum atomic E-state index is -0.553. The van der Waals surface area contributed by atoms with Crippen LogP contribution in [-0.2, 0) is 6.42 Å². The summed E-state index contributed by atoms with van der Waals surface area (Å²) < 4.78 is 25.1. The molecule has 2 aromatic rings. The number of aliphatic hydroxyl groups is 1. The lowest BCUT2D eigenvalue weighted by Crippen LogP contribution is -2.43. The van der Waals surface area contributed by atoms with Gasteiger partial charge in [0.2, 0.25) is 0 Å². The van der Waals surface area contributed by atoms with Crippen LogP contribution in [0.15, 0.2) is 30.3 Å². The summed E-state index contributed by atoms with van der Waals surface area (Å²) in [5.41, 5.74) is 2.91. The molecule has 0 amide bonds. The molecule has 2 aromatic carbocycles. The fourth-order valence-electron chi connectivity index (χ4n) is 4.90. The van der Waals surface area contributed by atoms with E-state index in [0.717, 1.165) is 54.1 Å². The lowest BCUT2D eigenvalue weighted by atomic mass is 9.87. The van der Waals surface area contributed by atoms with E-state index < -0.39 is 6.10 Å². The van der Waals surface area contributed by atoms with Crippen LogP contribution in [0, 0.1) is 5.82 Å². The summed E-state index contributed by atoms with van der Waals surface area (Å²) in [5, 5.41) is 11.4. The predicted octanol–water partition coefficient (Wildman–Crippen LogP) is 4.09. The molecular weight excluding hydrogens is 381 g/mol. The molecule has 1 saturated heterocycles.